The summed E-state index contributed by atoms with van der Waals surface area (Å²) in [5, 5.41) is 12.5. The number of hydrogen-bond donors (Lipinski definition) is 1. The van der Waals surface area contributed by atoms with Gasteiger partial charge in [0.15, 0.2) is 0 Å². The van der Waals surface area contributed by atoms with Crippen molar-refractivity contribution in [2.45, 2.75) is 25.7 Å². The highest BCUT2D eigenvalue weighted by atomic mass is 35.5. The Morgan fingerprint density at radius 2 is 1.97 bits per heavy atom. The van der Waals surface area contributed by atoms with Gasteiger partial charge in [-0.25, -0.2) is 0 Å². The summed E-state index contributed by atoms with van der Waals surface area (Å²) < 4.78 is 0. The van der Waals surface area contributed by atoms with Crippen molar-refractivity contribution in [2.75, 3.05) is 16.8 Å². The third-order valence-electron chi connectivity index (χ3n) is 4.91. The van der Waals surface area contributed by atoms with Gasteiger partial charge in [-0.2, -0.15) is 0 Å². The van der Waals surface area contributed by atoms with Gasteiger partial charge in [-0.15, -0.1) is 10.2 Å². The first-order chi connectivity index (χ1) is 14.0. The molecule has 1 N–H and O–H groups in total. The number of benzene rings is 2. The summed E-state index contributed by atoms with van der Waals surface area (Å²) in [4.78, 5) is 26.7. The van der Waals surface area contributed by atoms with Crippen LogP contribution in [0.2, 0.25) is 5.02 Å². The molecule has 1 unspecified atom stereocenters. The second-order valence-corrected chi connectivity index (χ2v) is 8.22. The molecule has 4 rings (SSSR count). The van der Waals surface area contributed by atoms with Crippen molar-refractivity contribution >= 4 is 45.6 Å². The van der Waals surface area contributed by atoms with Crippen LogP contribution < -0.4 is 10.2 Å². The van der Waals surface area contributed by atoms with E-state index in [9.17, 15) is 9.59 Å². The summed E-state index contributed by atoms with van der Waals surface area (Å²) >= 11 is 7.36. The molecular weight excluding hydrogens is 408 g/mol. The third kappa shape index (κ3) is 4.16. The van der Waals surface area contributed by atoms with E-state index in [1.54, 1.807) is 29.2 Å². The van der Waals surface area contributed by atoms with E-state index in [0.29, 0.717) is 28.7 Å². The molecule has 1 saturated heterocycles. The number of nitrogens with one attached hydrogen (secondary N) is 1. The molecule has 2 amide bonds. The highest BCUT2D eigenvalue weighted by Gasteiger charge is 2.34. The minimum absolute atomic E-state index is 0.0446. The molecule has 1 fully saturated rings. The molecule has 6 nitrogen and oxygen atoms in total. The average molecular weight is 427 g/mol. The number of carbonyl (C=O) groups is 2. The van der Waals surface area contributed by atoms with Gasteiger partial charge in [0, 0.05) is 24.6 Å². The fraction of sp³-hybridized carbons (Fsp3) is 0.238. The van der Waals surface area contributed by atoms with Gasteiger partial charge < -0.3 is 4.90 Å². The molecule has 0 aliphatic carbocycles. The van der Waals surface area contributed by atoms with Gasteiger partial charge in [0.2, 0.25) is 11.0 Å². The van der Waals surface area contributed by atoms with Gasteiger partial charge in [-0.1, -0.05) is 54.1 Å². The van der Waals surface area contributed by atoms with Crippen LogP contribution in [0.1, 0.15) is 40.2 Å². The number of amides is 2. The zero-order chi connectivity index (χ0) is 20.4. The SMILES string of the molecule is CCc1ccc(N2CC(c3nnc(NC(=O)c4ccccc4Cl)s3)CC2=O)cc1. The minimum atomic E-state index is -0.335. The van der Waals surface area contributed by atoms with Crippen LogP contribution in [-0.4, -0.2) is 28.6 Å². The maximum Gasteiger partial charge on any atom is 0.259 e. The number of halogens is 1. The van der Waals surface area contributed by atoms with Gasteiger partial charge in [0.05, 0.1) is 10.6 Å². The van der Waals surface area contributed by atoms with Gasteiger partial charge in [0.25, 0.3) is 5.91 Å². The summed E-state index contributed by atoms with van der Waals surface area (Å²) in [7, 11) is 0. The molecule has 1 aromatic heterocycles. The van der Waals surface area contributed by atoms with Gasteiger partial charge in [-0.05, 0) is 36.2 Å². The van der Waals surface area contributed by atoms with E-state index in [4.69, 9.17) is 11.6 Å². The Kier molecular flexibility index (Phi) is 5.60. The van der Waals surface area contributed by atoms with Crippen LogP contribution in [0.5, 0.6) is 0 Å². The molecule has 0 radical (unpaired) electrons. The number of aryl methyl sites for hydroxylation is 1. The second-order valence-electron chi connectivity index (χ2n) is 6.80. The molecule has 29 heavy (non-hydrogen) atoms. The molecule has 1 aliphatic heterocycles. The molecule has 148 valence electrons. The van der Waals surface area contributed by atoms with Gasteiger partial charge in [0.1, 0.15) is 5.01 Å². The molecule has 8 heteroatoms. The highest BCUT2D eigenvalue weighted by molar-refractivity contribution is 7.15. The summed E-state index contributed by atoms with van der Waals surface area (Å²) in [6, 6.07) is 14.9. The first kappa shape index (κ1) is 19.5. The quantitative estimate of drug-likeness (QED) is 0.650. The Hall–Kier alpha value is -2.77. The molecule has 2 aromatic carbocycles. The number of aromatic nitrogens is 2. The molecule has 1 atom stereocenters. The Morgan fingerprint density at radius 1 is 1.21 bits per heavy atom. The first-order valence-corrected chi connectivity index (χ1v) is 10.5. The standard InChI is InChI=1S/C21H19ClN4O2S/c1-2-13-7-9-15(10-8-13)26-12-14(11-18(26)27)20-24-25-21(29-20)23-19(28)16-5-3-4-6-17(16)22/h3-10,14H,2,11-12H2,1H3,(H,23,25,28). The topological polar surface area (TPSA) is 75.2 Å². The van der Waals surface area contributed by atoms with Crippen LogP contribution in [0.3, 0.4) is 0 Å². The summed E-state index contributed by atoms with van der Waals surface area (Å²) in [6.45, 7) is 2.65. The minimum Gasteiger partial charge on any atom is -0.312 e. The van der Waals surface area contributed by atoms with Crippen molar-refractivity contribution in [2.24, 2.45) is 0 Å². The lowest BCUT2D eigenvalue weighted by Gasteiger charge is -2.16. The summed E-state index contributed by atoms with van der Waals surface area (Å²) in [5.74, 6) is -0.314. The Labute approximate surface area is 177 Å². The lowest BCUT2D eigenvalue weighted by molar-refractivity contribution is -0.117. The van der Waals surface area contributed by atoms with E-state index in [1.807, 2.05) is 24.3 Å². The Balaban J connectivity index is 1.45. The van der Waals surface area contributed by atoms with Crippen molar-refractivity contribution in [1.29, 1.82) is 0 Å². The van der Waals surface area contributed by atoms with E-state index in [2.05, 4.69) is 22.4 Å². The van der Waals surface area contributed by atoms with Crippen LogP contribution in [0.15, 0.2) is 48.5 Å². The normalized spacial score (nSPS) is 16.3. The number of hydrogen-bond acceptors (Lipinski definition) is 5. The van der Waals surface area contributed by atoms with Crippen molar-refractivity contribution in [3.05, 3.63) is 69.7 Å². The van der Waals surface area contributed by atoms with Crippen LogP contribution in [0.4, 0.5) is 10.8 Å². The number of anilines is 2. The number of nitrogens with zero attached hydrogens (tertiary/aromatic N) is 3. The van der Waals surface area contributed by atoms with E-state index in [-0.39, 0.29) is 17.7 Å². The van der Waals surface area contributed by atoms with Crippen LogP contribution in [0.25, 0.3) is 0 Å². The van der Waals surface area contributed by atoms with Gasteiger partial charge >= 0.3 is 0 Å². The largest absolute Gasteiger partial charge is 0.312 e. The molecule has 0 spiro atoms. The average Bonchev–Trinajstić information content (AvgIpc) is 3.35. The summed E-state index contributed by atoms with van der Waals surface area (Å²) in [6.07, 6.45) is 1.34. The zero-order valence-corrected chi connectivity index (χ0v) is 17.3. The zero-order valence-electron chi connectivity index (χ0n) is 15.8. The smallest absolute Gasteiger partial charge is 0.259 e. The fourth-order valence-electron chi connectivity index (χ4n) is 3.29. The molecule has 1 aliphatic rings. The maximum atomic E-state index is 12.5. The van der Waals surface area contributed by atoms with Crippen molar-refractivity contribution < 1.29 is 9.59 Å². The first-order valence-electron chi connectivity index (χ1n) is 9.33. The Morgan fingerprint density at radius 3 is 2.69 bits per heavy atom. The van der Waals surface area contributed by atoms with E-state index in [1.165, 1.54) is 16.9 Å². The summed E-state index contributed by atoms with van der Waals surface area (Å²) in [5.41, 5.74) is 2.51. The van der Waals surface area contributed by atoms with Crippen molar-refractivity contribution in [3.8, 4) is 0 Å². The molecule has 0 bridgehead atoms. The lowest BCUT2D eigenvalue weighted by Crippen LogP contribution is -2.24. The maximum absolute atomic E-state index is 12.5. The Bertz CT molecular complexity index is 1050. The van der Waals surface area contributed by atoms with Gasteiger partial charge in [-0.3, -0.25) is 14.9 Å². The third-order valence-corrected chi connectivity index (χ3v) is 6.24. The van der Waals surface area contributed by atoms with Crippen LogP contribution in [0, 0.1) is 0 Å². The second kappa shape index (κ2) is 8.31. The van der Waals surface area contributed by atoms with E-state index >= 15 is 0 Å². The van der Waals surface area contributed by atoms with Crippen LogP contribution in [-0.2, 0) is 11.2 Å². The van der Waals surface area contributed by atoms with Crippen molar-refractivity contribution in [3.63, 3.8) is 0 Å². The predicted molar refractivity (Wildman–Crippen MR) is 115 cm³/mol. The monoisotopic (exact) mass is 426 g/mol. The fourth-order valence-corrected chi connectivity index (χ4v) is 4.35. The highest BCUT2D eigenvalue weighted by Crippen LogP contribution is 2.34. The van der Waals surface area contributed by atoms with E-state index < -0.39 is 0 Å². The molecule has 0 saturated carbocycles. The number of carbonyl (C=O) groups excluding carboxylic acids is 2. The van der Waals surface area contributed by atoms with E-state index in [0.717, 1.165) is 17.1 Å². The van der Waals surface area contributed by atoms with Crippen LogP contribution >= 0.6 is 22.9 Å². The number of rotatable bonds is 5. The molecular formula is C21H19ClN4O2S. The van der Waals surface area contributed by atoms with Crippen molar-refractivity contribution in [1.82, 2.24) is 10.2 Å². The molecule has 3 aromatic rings. The lowest BCUT2D eigenvalue weighted by atomic mass is 10.1. The predicted octanol–water partition coefficient (Wildman–Crippen LogP) is 4.53. The molecule has 2 heterocycles.